The summed E-state index contributed by atoms with van der Waals surface area (Å²) >= 11 is 0. The molecule has 2 aromatic carbocycles. The third kappa shape index (κ3) is 5.87. The molecule has 0 bridgehead atoms. The van der Waals surface area contributed by atoms with E-state index in [1.54, 1.807) is 44.2 Å². The summed E-state index contributed by atoms with van der Waals surface area (Å²) in [7, 11) is 0. The van der Waals surface area contributed by atoms with E-state index >= 15 is 0 Å². The number of benzene rings is 2. The monoisotopic (exact) mass is 390 g/mol. The highest BCUT2D eigenvalue weighted by Gasteiger charge is 2.26. The van der Waals surface area contributed by atoms with E-state index in [9.17, 15) is 23.2 Å². The Morgan fingerprint density at radius 1 is 1.00 bits per heavy atom. The second-order valence-corrected chi connectivity index (χ2v) is 6.35. The molecule has 0 unspecified atom stereocenters. The summed E-state index contributed by atoms with van der Waals surface area (Å²) in [5.74, 6) is -4.07. The Hall–Kier alpha value is -3.29. The van der Waals surface area contributed by atoms with Crippen LogP contribution in [0.5, 0.6) is 0 Å². The number of urea groups is 1. The van der Waals surface area contributed by atoms with E-state index in [0.29, 0.717) is 5.69 Å². The molecule has 0 saturated heterocycles. The Bertz CT molecular complexity index is 857. The average molecular weight is 390 g/mol. The number of amides is 2. The Balaban J connectivity index is 1.93. The van der Waals surface area contributed by atoms with Crippen LogP contribution in [0.3, 0.4) is 0 Å². The molecule has 0 saturated carbocycles. The zero-order valence-corrected chi connectivity index (χ0v) is 15.4. The van der Waals surface area contributed by atoms with Crippen LogP contribution in [0.2, 0.25) is 0 Å². The predicted octanol–water partition coefficient (Wildman–Crippen LogP) is 3.54. The number of nitrogens with one attached hydrogen (secondary N) is 2. The predicted molar refractivity (Wildman–Crippen MR) is 98.9 cm³/mol. The maximum Gasteiger partial charge on any atom is 0.329 e. The van der Waals surface area contributed by atoms with Crippen molar-refractivity contribution in [3.63, 3.8) is 0 Å². The van der Waals surface area contributed by atoms with Gasteiger partial charge in [-0.25, -0.2) is 18.4 Å². The largest absolute Gasteiger partial charge is 0.456 e. The van der Waals surface area contributed by atoms with Gasteiger partial charge >= 0.3 is 12.0 Å². The van der Waals surface area contributed by atoms with Gasteiger partial charge in [0.25, 0.3) is 0 Å². The summed E-state index contributed by atoms with van der Waals surface area (Å²) in [4.78, 5) is 36.4. The molecule has 2 amide bonds. The van der Waals surface area contributed by atoms with Crippen molar-refractivity contribution in [2.24, 2.45) is 5.92 Å². The minimum absolute atomic E-state index is 0.123. The Morgan fingerprint density at radius 2 is 1.68 bits per heavy atom. The molecule has 2 aromatic rings. The van der Waals surface area contributed by atoms with Gasteiger partial charge in [-0.05, 0) is 36.2 Å². The maximum absolute atomic E-state index is 13.2. The number of carbonyl (C=O) groups excluding carboxylic acids is 3. The molecule has 0 radical (unpaired) electrons. The molecule has 0 aliphatic carbocycles. The zero-order chi connectivity index (χ0) is 20.7. The summed E-state index contributed by atoms with van der Waals surface area (Å²) in [6, 6.07) is 9.69. The molecule has 6 nitrogen and oxygen atoms in total. The van der Waals surface area contributed by atoms with Gasteiger partial charge in [0.1, 0.15) is 6.04 Å². The fourth-order valence-corrected chi connectivity index (χ4v) is 2.31. The molecular formula is C20H20F2N2O4. The molecule has 0 spiro atoms. The molecule has 2 rings (SSSR count). The van der Waals surface area contributed by atoms with Gasteiger partial charge in [0.2, 0.25) is 0 Å². The van der Waals surface area contributed by atoms with Gasteiger partial charge in [-0.1, -0.05) is 32.0 Å². The highest BCUT2D eigenvalue weighted by molar-refractivity contribution is 5.98. The summed E-state index contributed by atoms with van der Waals surface area (Å²) in [6.45, 7) is 2.74. The highest BCUT2D eigenvalue weighted by Crippen LogP contribution is 2.11. The van der Waals surface area contributed by atoms with Crippen LogP contribution in [-0.2, 0) is 9.53 Å². The van der Waals surface area contributed by atoms with Crippen molar-refractivity contribution in [2.45, 2.75) is 19.9 Å². The number of halogens is 2. The van der Waals surface area contributed by atoms with Crippen LogP contribution < -0.4 is 10.6 Å². The third-order valence-electron chi connectivity index (χ3n) is 3.83. The Labute approximate surface area is 160 Å². The van der Waals surface area contributed by atoms with Crippen LogP contribution in [0.4, 0.5) is 19.3 Å². The molecular weight excluding hydrogens is 370 g/mol. The number of rotatable bonds is 7. The number of anilines is 1. The minimum Gasteiger partial charge on any atom is -0.456 e. The number of hydrogen-bond donors (Lipinski definition) is 2. The van der Waals surface area contributed by atoms with Crippen molar-refractivity contribution in [3.05, 3.63) is 65.7 Å². The summed E-state index contributed by atoms with van der Waals surface area (Å²) < 4.78 is 31.1. The standard InChI is InChI=1S/C20H20F2N2O4/c1-12(2)18(24-20(27)23-14-6-4-3-5-7-14)19(26)28-11-17(25)13-8-9-15(21)16(22)10-13/h3-10,12,18H,11H2,1-2H3,(H2,23,24,27)/t18-/m1/s1. The summed E-state index contributed by atoms with van der Waals surface area (Å²) in [5.41, 5.74) is 0.423. The summed E-state index contributed by atoms with van der Waals surface area (Å²) in [6.07, 6.45) is 0. The van der Waals surface area contributed by atoms with Crippen LogP contribution in [0, 0.1) is 17.6 Å². The maximum atomic E-state index is 13.2. The van der Waals surface area contributed by atoms with Crippen molar-refractivity contribution < 1.29 is 27.9 Å². The fraction of sp³-hybridized carbons (Fsp3) is 0.250. The summed E-state index contributed by atoms with van der Waals surface area (Å²) in [5, 5.41) is 5.08. The molecule has 2 N–H and O–H groups in total. The van der Waals surface area contributed by atoms with Crippen molar-refractivity contribution in [1.82, 2.24) is 5.32 Å². The lowest BCUT2D eigenvalue weighted by molar-refractivity contribution is -0.145. The highest BCUT2D eigenvalue weighted by atomic mass is 19.2. The van der Waals surface area contributed by atoms with Crippen molar-refractivity contribution in [1.29, 1.82) is 0 Å². The van der Waals surface area contributed by atoms with Gasteiger partial charge < -0.3 is 15.4 Å². The minimum atomic E-state index is -1.17. The number of ether oxygens (including phenoxy) is 1. The van der Waals surface area contributed by atoms with E-state index in [2.05, 4.69) is 10.6 Å². The van der Waals surface area contributed by atoms with Crippen LogP contribution in [0.15, 0.2) is 48.5 Å². The van der Waals surface area contributed by atoms with Crippen molar-refractivity contribution >= 4 is 23.5 Å². The van der Waals surface area contributed by atoms with Gasteiger partial charge in [0.15, 0.2) is 24.0 Å². The number of para-hydroxylation sites is 1. The normalized spacial score (nSPS) is 11.6. The molecule has 148 valence electrons. The first-order valence-electron chi connectivity index (χ1n) is 8.55. The van der Waals surface area contributed by atoms with Crippen LogP contribution in [0.25, 0.3) is 0 Å². The first-order chi connectivity index (χ1) is 13.3. The fourth-order valence-electron chi connectivity index (χ4n) is 2.31. The van der Waals surface area contributed by atoms with Crippen LogP contribution in [-0.4, -0.2) is 30.4 Å². The van der Waals surface area contributed by atoms with E-state index in [-0.39, 0.29) is 11.5 Å². The first kappa shape index (κ1) is 21.0. The molecule has 28 heavy (non-hydrogen) atoms. The number of Topliss-reactive ketones (excluding diaryl/α,β-unsaturated/α-hetero) is 1. The number of ketones is 1. The number of hydrogen-bond acceptors (Lipinski definition) is 4. The van der Waals surface area contributed by atoms with Gasteiger partial charge in [-0.15, -0.1) is 0 Å². The number of esters is 1. The smallest absolute Gasteiger partial charge is 0.329 e. The van der Waals surface area contributed by atoms with E-state index in [1.807, 2.05) is 0 Å². The van der Waals surface area contributed by atoms with Gasteiger partial charge in [0.05, 0.1) is 0 Å². The van der Waals surface area contributed by atoms with E-state index in [0.717, 1.165) is 18.2 Å². The molecule has 0 fully saturated rings. The Kier molecular flexibility index (Phi) is 7.20. The lowest BCUT2D eigenvalue weighted by Gasteiger charge is -2.21. The molecule has 0 heterocycles. The molecule has 0 aliphatic heterocycles. The molecule has 0 aromatic heterocycles. The average Bonchev–Trinajstić information content (AvgIpc) is 2.66. The van der Waals surface area contributed by atoms with Crippen LogP contribution >= 0.6 is 0 Å². The van der Waals surface area contributed by atoms with Crippen LogP contribution in [0.1, 0.15) is 24.2 Å². The van der Waals surface area contributed by atoms with E-state index in [4.69, 9.17) is 4.74 Å². The second kappa shape index (κ2) is 9.59. The zero-order valence-electron chi connectivity index (χ0n) is 15.4. The quantitative estimate of drug-likeness (QED) is 0.560. The lowest BCUT2D eigenvalue weighted by atomic mass is 10.0. The van der Waals surface area contributed by atoms with Gasteiger partial charge in [-0.2, -0.15) is 0 Å². The Morgan fingerprint density at radius 3 is 2.29 bits per heavy atom. The molecule has 8 heteroatoms. The first-order valence-corrected chi connectivity index (χ1v) is 8.55. The van der Waals surface area contributed by atoms with E-state index < -0.39 is 42.1 Å². The van der Waals surface area contributed by atoms with Gasteiger partial charge in [-0.3, -0.25) is 4.79 Å². The second-order valence-electron chi connectivity index (χ2n) is 6.35. The third-order valence-corrected chi connectivity index (χ3v) is 3.83. The molecule has 1 atom stereocenters. The SMILES string of the molecule is CC(C)[C@@H](NC(=O)Nc1ccccc1)C(=O)OCC(=O)c1ccc(F)c(F)c1. The van der Waals surface area contributed by atoms with E-state index in [1.165, 1.54) is 0 Å². The topological polar surface area (TPSA) is 84.5 Å². The van der Waals surface area contributed by atoms with Crippen molar-refractivity contribution in [2.75, 3.05) is 11.9 Å². The van der Waals surface area contributed by atoms with Gasteiger partial charge in [0, 0.05) is 11.3 Å². The lowest BCUT2D eigenvalue weighted by Crippen LogP contribution is -2.47. The number of carbonyl (C=O) groups is 3. The van der Waals surface area contributed by atoms with Crippen molar-refractivity contribution in [3.8, 4) is 0 Å². The molecule has 0 aliphatic rings.